The highest BCUT2D eigenvalue weighted by Crippen LogP contribution is 2.19. The Morgan fingerprint density at radius 2 is 2.06 bits per heavy atom. The van der Waals surface area contributed by atoms with Gasteiger partial charge in [0.25, 0.3) is 0 Å². The summed E-state index contributed by atoms with van der Waals surface area (Å²) < 4.78 is 0. The van der Waals surface area contributed by atoms with Gasteiger partial charge in [-0.1, -0.05) is 11.6 Å². The molecule has 1 rings (SSSR count). The zero-order valence-electron chi connectivity index (χ0n) is 11.1. The summed E-state index contributed by atoms with van der Waals surface area (Å²) in [6.07, 6.45) is 3.71. The fourth-order valence-corrected chi connectivity index (χ4v) is 1.71. The zero-order valence-corrected chi connectivity index (χ0v) is 12.6. The summed E-state index contributed by atoms with van der Waals surface area (Å²) in [4.78, 5) is 10.2. The van der Waals surface area contributed by atoms with E-state index in [9.17, 15) is 0 Å². The van der Waals surface area contributed by atoms with Crippen molar-refractivity contribution < 1.29 is 0 Å². The van der Waals surface area contributed by atoms with Crippen LogP contribution in [0.25, 0.3) is 0 Å². The van der Waals surface area contributed by atoms with Crippen LogP contribution in [0.5, 0.6) is 0 Å². The Morgan fingerprint density at radius 1 is 1.33 bits per heavy atom. The second-order valence-corrected chi connectivity index (χ2v) is 5.29. The molecule has 18 heavy (non-hydrogen) atoms. The molecule has 0 amide bonds. The molecule has 1 heterocycles. The molecular formula is C12H20Cl2N4. The summed E-state index contributed by atoms with van der Waals surface area (Å²) in [6.45, 7) is 6.32. The van der Waals surface area contributed by atoms with Gasteiger partial charge in [0, 0.05) is 12.6 Å². The standard InChI is InChI=1S/C12H20Cl2N4/c1-9(2)18(3)7-5-4-6-15-11-10(13)8-16-12(14)17-11/h8-9H,4-7H2,1-3H3,(H,15,16,17). The number of aromatic nitrogens is 2. The molecule has 0 unspecified atom stereocenters. The van der Waals surface area contributed by atoms with Crippen molar-refractivity contribution in [3.8, 4) is 0 Å². The van der Waals surface area contributed by atoms with E-state index in [1.807, 2.05) is 0 Å². The Morgan fingerprint density at radius 3 is 2.72 bits per heavy atom. The molecule has 0 radical (unpaired) electrons. The van der Waals surface area contributed by atoms with Gasteiger partial charge in [0.2, 0.25) is 5.28 Å². The minimum atomic E-state index is 0.210. The molecule has 0 atom stereocenters. The monoisotopic (exact) mass is 290 g/mol. The molecule has 102 valence electrons. The molecule has 0 spiro atoms. The van der Waals surface area contributed by atoms with Crippen molar-refractivity contribution in [3.05, 3.63) is 16.5 Å². The Labute approximate surface area is 119 Å². The Bertz CT molecular complexity index is 371. The van der Waals surface area contributed by atoms with Crippen LogP contribution in [0.1, 0.15) is 26.7 Å². The molecule has 0 aliphatic carbocycles. The topological polar surface area (TPSA) is 41.0 Å². The van der Waals surface area contributed by atoms with Gasteiger partial charge in [-0.25, -0.2) is 4.98 Å². The molecule has 0 bridgehead atoms. The molecule has 0 saturated carbocycles. The number of nitrogens with one attached hydrogen (secondary N) is 1. The van der Waals surface area contributed by atoms with Gasteiger partial charge in [-0.15, -0.1) is 0 Å². The molecule has 0 saturated heterocycles. The summed E-state index contributed by atoms with van der Waals surface area (Å²) in [6, 6.07) is 0.591. The van der Waals surface area contributed by atoms with E-state index in [0.717, 1.165) is 25.9 Å². The highest BCUT2D eigenvalue weighted by molar-refractivity contribution is 6.33. The largest absolute Gasteiger partial charge is 0.369 e. The van der Waals surface area contributed by atoms with Gasteiger partial charge < -0.3 is 10.2 Å². The van der Waals surface area contributed by atoms with Crippen LogP contribution in [0.2, 0.25) is 10.3 Å². The third kappa shape index (κ3) is 5.38. The number of unbranched alkanes of at least 4 members (excludes halogenated alkanes) is 1. The van der Waals surface area contributed by atoms with Crippen molar-refractivity contribution in [3.63, 3.8) is 0 Å². The van der Waals surface area contributed by atoms with E-state index in [-0.39, 0.29) is 5.28 Å². The third-order valence-corrected chi connectivity index (χ3v) is 3.28. The zero-order chi connectivity index (χ0) is 13.5. The summed E-state index contributed by atoms with van der Waals surface area (Å²) in [5, 5.41) is 3.88. The average molecular weight is 291 g/mol. The van der Waals surface area contributed by atoms with E-state index < -0.39 is 0 Å². The molecule has 1 aromatic heterocycles. The molecule has 0 fully saturated rings. The maximum Gasteiger partial charge on any atom is 0.224 e. The summed E-state index contributed by atoms with van der Waals surface area (Å²) >= 11 is 11.7. The second-order valence-electron chi connectivity index (χ2n) is 4.54. The number of nitrogens with zero attached hydrogens (tertiary/aromatic N) is 3. The quantitative estimate of drug-likeness (QED) is 0.618. The number of hydrogen-bond donors (Lipinski definition) is 1. The highest BCUT2D eigenvalue weighted by Gasteiger charge is 2.04. The Hall–Kier alpha value is -0.580. The highest BCUT2D eigenvalue weighted by atomic mass is 35.5. The molecule has 6 heteroatoms. The lowest BCUT2D eigenvalue weighted by Crippen LogP contribution is -2.27. The van der Waals surface area contributed by atoms with E-state index in [1.165, 1.54) is 6.20 Å². The van der Waals surface area contributed by atoms with Crippen LogP contribution in [0.15, 0.2) is 6.20 Å². The van der Waals surface area contributed by atoms with Crippen molar-refractivity contribution in [1.82, 2.24) is 14.9 Å². The van der Waals surface area contributed by atoms with Gasteiger partial charge in [-0.05, 0) is 51.9 Å². The fraction of sp³-hybridized carbons (Fsp3) is 0.667. The molecule has 1 aromatic rings. The van der Waals surface area contributed by atoms with Gasteiger partial charge in [-0.2, -0.15) is 4.98 Å². The maximum absolute atomic E-state index is 5.95. The van der Waals surface area contributed by atoms with Crippen molar-refractivity contribution in [2.45, 2.75) is 32.7 Å². The van der Waals surface area contributed by atoms with E-state index in [1.54, 1.807) is 0 Å². The van der Waals surface area contributed by atoms with Crippen molar-refractivity contribution in [2.75, 3.05) is 25.5 Å². The van der Waals surface area contributed by atoms with Gasteiger partial charge in [-0.3, -0.25) is 0 Å². The normalized spacial score (nSPS) is 11.3. The van der Waals surface area contributed by atoms with Crippen LogP contribution in [0.4, 0.5) is 5.82 Å². The van der Waals surface area contributed by atoms with Crippen LogP contribution in [0.3, 0.4) is 0 Å². The second kappa shape index (κ2) is 7.77. The number of hydrogen-bond acceptors (Lipinski definition) is 4. The van der Waals surface area contributed by atoms with Crippen LogP contribution in [-0.4, -0.2) is 41.0 Å². The fourth-order valence-electron chi connectivity index (χ4n) is 1.42. The lowest BCUT2D eigenvalue weighted by atomic mass is 10.2. The first-order valence-electron chi connectivity index (χ1n) is 6.13. The van der Waals surface area contributed by atoms with Gasteiger partial charge in [0.05, 0.1) is 6.20 Å². The Kier molecular flexibility index (Phi) is 6.68. The van der Waals surface area contributed by atoms with Crippen molar-refractivity contribution in [1.29, 1.82) is 0 Å². The maximum atomic E-state index is 5.95. The Balaban J connectivity index is 2.24. The predicted molar refractivity (Wildman–Crippen MR) is 77.5 cm³/mol. The lowest BCUT2D eigenvalue weighted by Gasteiger charge is -2.20. The predicted octanol–water partition coefficient (Wildman–Crippen LogP) is 3.32. The van der Waals surface area contributed by atoms with Crippen molar-refractivity contribution >= 4 is 29.0 Å². The van der Waals surface area contributed by atoms with E-state index in [2.05, 4.69) is 41.1 Å². The third-order valence-electron chi connectivity index (χ3n) is 2.83. The lowest BCUT2D eigenvalue weighted by molar-refractivity contribution is 0.269. The van der Waals surface area contributed by atoms with Crippen LogP contribution >= 0.6 is 23.2 Å². The molecular weight excluding hydrogens is 271 g/mol. The van der Waals surface area contributed by atoms with Gasteiger partial charge in [0.15, 0.2) is 0 Å². The van der Waals surface area contributed by atoms with E-state index in [0.29, 0.717) is 16.9 Å². The molecule has 4 nitrogen and oxygen atoms in total. The van der Waals surface area contributed by atoms with E-state index in [4.69, 9.17) is 23.2 Å². The van der Waals surface area contributed by atoms with Crippen LogP contribution < -0.4 is 5.32 Å². The molecule has 0 aromatic carbocycles. The van der Waals surface area contributed by atoms with Crippen LogP contribution in [-0.2, 0) is 0 Å². The minimum Gasteiger partial charge on any atom is -0.369 e. The SMILES string of the molecule is CC(C)N(C)CCCCNc1nc(Cl)ncc1Cl. The summed E-state index contributed by atoms with van der Waals surface area (Å²) in [5.74, 6) is 0.605. The van der Waals surface area contributed by atoms with Gasteiger partial charge in [0.1, 0.15) is 10.8 Å². The average Bonchev–Trinajstić information content (AvgIpc) is 2.32. The van der Waals surface area contributed by atoms with Crippen molar-refractivity contribution in [2.24, 2.45) is 0 Å². The van der Waals surface area contributed by atoms with Crippen LogP contribution in [0, 0.1) is 0 Å². The summed E-state index contributed by atoms with van der Waals surface area (Å²) in [7, 11) is 2.14. The minimum absolute atomic E-state index is 0.210. The van der Waals surface area contributed by atoms with E-state index >= 15 is 0 Å². The molecule has 1 N–H and O–H groups in total. The first-order valence-corrected chi connectivity index (χ1v) is 6.88. The number of halogens is 2. The first kappa shape index (κ1) is 15.5. The first-order chi connectivity index (χ1) is 8.50. The smallest absolute Gasteiger partial charge is 0.224 e. The number of anilines is 1. The molecule has 0 aliphatic rings. The summed E-state index contributed by atoms with van der Waals surface area (Å²) in [5.41, 5.74) is 0. The molecule has 0 aliphatic heterocycles. The van der Waals surface area contributed by atoms with Gasteiger partial charge >= 0.3 is 0 Å². The number of rotatable bonds is 7.